The van der Waals surface area contributed by atoms with Gasteiger partial charge in [0.05, 0.1) is 6.26 Å². The number of rotatable bonds is 7. The first-order valence-corrected chi connectivity index (χ1v) is 11.5. The molecule has 0 aromatic heterocycles. The number of ether oxygens (including phenoxy) is 1. The Bertz CT molecular complexity index is 1090. The van der Waals surface area contributed by atoms with Gasteiger partial charge >= 0.3 is 6.09 Å². The largest absolute Gasteiger partial charge is 0.444 e. The minimum absolute atomic E-state index is 0.278. The van der Waals surface area contributed by atoms with Crippen LogP contribution in [0.1, 0.15) is 31.1 Å². The van der Waals surface area contributed by atoms with Crippen molar-refractivity contribution in [2.75, 3.05) is 28.2 Å². The Balaban J connectivity index is 1.93. The van der Waals surface area contributed by atoms with E-state index in [1.807, 2.05) is 0 Å². The maximum absolute atomic E-state index is 12.4. The molecule has 32 heavy (non-hydrogen) atoms. The van der Waals surface area contributed by atoms with Crippen LogP contribution in [0.5, 0.6) is 0 Å². The molecule has 10 nitrogen and oxygen atoms in total. The Morgan fingerprint density at radius 3 is 2.06 bits per heavy atom. The number of sulfonamides is 1. The number of anilines is 3. The molecule has 0 fully saturated rings. The number of nitrogens with one attached hydrogen (secondary N) is 4. The number of hydrogen-bond acceptors (Lipinski definition) is 6. The van der Waals surface area contributed by atoms with E-state index in [2.05, 4.69) is 20.7 Å². The molecule has 0 spiro atoms. The van der Waals surface area contributed by atoms with Crippen molar-refractivity contribution in [1.82, 2.24) is 5.32 Å². The standard InChI is InChI=1S/C21H26N4O6S/c1-21(2,3)31-20(28)22-13-18(26)23-16-6-5-7-17(12-16)24-19(27)14-8-10-15(11-9-14)25-32(4,29)30/h5-12,25H,13H2,1-4H3,(H,22,28)(H,23,26)(H,24,27). The number of alkyl carbamates (subject to hydrolysis) is 1. The SMILES string of the molecule is CC(C)(C)OC(=O)NCC(=O)Nc1cccc(NC(=O)c2ccc(NS(C)(=O)=O)cc2)c1. The van der Waals surface area contributed by atoms with E-state index in [1.54, 1.807) is 45.0 Å². The molecule has 0 saturated carbocycles. The third-order valence-electron chi connectivity index (χ3n) is 3.65. The summed E-state index contributed by atoms with van der Waals surface area (Å²) in [5, 5.41) is 7.67. The monoisotopic (exact) mass is 462 g/mol. The molecule has 0 saturated heterocycles. The van der Waals surface area contributed by atoms with Crippen molar-refractivity contribution < 1.29 is 27.5 Å². The zero-order valence-electron chi connectivity index (χ0n) is 18.2. The van der Waals surface area contributed by atoms with Crippen molar-refractivity contribution in [1.29, 1.82) is 0 Å². The fourth-order valence-corrected chi connectivity index (χ4v) is 3.02. The Morgan fingerprint density at radius 2 is 1.50 bits per heavy atom. The number of amides is 3. The summed E-state index contributed by atoms with van der Waals surface area (Å²) in [5.74, 6) is -0.876. The van der Waals surface area contributed by atoms with E-state index in [1.165, 1.54) is 24.3 Å². The van der Waals surface area contributed by atoms with Crippen molar-refractivity contribution in [3.05, 3.63) is 54.1 Å². The number of benzene rings is 2. The van der Waals surface area contributed by atoms with Crippen LogP contribution < -0.4 is 20.7 Å². The lowest BCUT2D eigenvalue weighted by atomic mass is 10.2. The van der Waals surface area contributed by atoms with Crippen LogP contribution in [0.15, 0.2) is 48.5 Å². The highest BCUT2D eigenvalue weighted by atomic mass is 32.2. The van der Waals surface area contributed by atoms with Gasteiger partial charge in [-0.05, 0) is 63.2 Å². The third kappa shape index (κ3) is 9.04. The van der Waals surface area contributed by atoms with Crippen molar-refractivity contribution in [3.63, 3.8) is 0 Å². The summed E-state index contributed by atoms with van der Waals surface area (Å²) in [5.41, 5.74) is 0.851. The van der Waals surface area contributed by atoms with Gasteiger partial charge in [0.2, 0.25) is 15.9 Å². The summed E-state index contributed by atoms with van der Waals surface area (Å²) in [6.07, 6.45) is 0.332. The highest BCUT2D eigenvalue weighted by Crippen LogP contribution is 2.17. The van der Waals surface area contributed by atoms with E-state index in [4.69, 9.17) is 4.74 Å². The average Bonchev–Trinajstić information content (AvgIpc) is 2.64. The van der Waals surface area contributed by atoms with E-state index in [0.29, 0.717) is 22.6 Å². The first kappa shape index (κ1) is 24.7. The molecule has 0 heterocycles. The van der Waals surface area contributed by atoms with Crippen LogP contribution >= 0.6 is 0 Å². The Morgan fingerprint density at radius 1 is 0.906 bits per heavy atom. The van der Waals surface area contributed by atoms with Gasteiger partial charge < -0.3 is 20.7 Å². The maximum Gasteiger partial charge on any atom is 0.408 e. The van der Waals surface area contributed by atoms with E-state index < -0.39 is 33.5 Å². The van der Waals surface area contributed by atoms with Crippen molar-refractivity contribution in [2.45, 2.75) is 26.4 Å². The summed E-state index contributed by atoms with van der Waals surface area (Å²) in [6, 6.07) is 12.4. The summed E-state index contributed by atoms with van der Waals surface area (Å²) in [7, 11) is -3.41. The normalized spacial score (nSPS) is 11.2. The molecule has 11 heteroatoms. The van der Waals surface area contributed by atoms with E-state index in [-0.39, 0.29) is 6.54 Å². The maximum atomic E-state index is 12.4. The Labute approximate surface area is 186 Å². The van der Waals surface area contributed by atoms with Crippen LogP contribution in [-0.4, -0.2) is 44.7 Å². The second kappa shape index (κ2) is 10.1. The fourth-order valence-electron chi connectivity index (χ4n) is 2.45. The Kier molecular flexibility index (Phi) is 7.82. The van der Waals surface area contributed by atoms with Gasteiger partial charge in [-0.1, -0.05) is 6.07 Å². The molecule has 0 unspecified atom stereocenters. The molecular formula is C21H26N4O6S. The Hall–Kier alpha value is -3.60. The number of hydrogen-bond donors (Lipinski definition) is 4. The van der Waals surface area contributed by atoms with E-state index >= 15 is 0 Å². The lowest BCUT2D eigenvalue weighted by Gasteiger charge is -2.19. The second-order valence-electron chi connectivity index (χ2n) is 7.89. The van der Waals surface area contributed by atoms with Gasteiger partial charge in [-0.25, -0.2) is 13.2 Å². The highest BCUT2D eigenvalue weighted by molar-refractivity contribution is 7.92. The molecule has 0 aliphatic carbocycles. The van der Waals surface area contributed by atoms with Crippen LogP contribution in [-0.2, 0) is 19.6 Å². The van der Waals surface area contributed by atoms with Crippen LogP contribution in [0, 0.1) is 0 Å². The molecule has 2 rings (SSSR count). The van der Waals surface area contributed by atoms with Crippen LogP contribution in [0.3, 0.4) is 0 Å². The third-order valence-corrected chi connectivity index (χ3v) is 4.25. The van der Waals surface area contributed by atoms with Crippen LogP contribution in [0.2, 0.25) is 0 Å². The van der Waals surface area contributed by atoms with E-state index in [9.17, 15) is 22.8 Å². The summed E-state index contributed by atoms with van der Waals surface area (Å²) < 4.78 is 29.9. The molecule has 3 amide bonds. The lowest BCUT2D eigenvalue weighted by Crippen LogP contribution is -2.37. The van der Waals surface area contributed by atoms with Crippen molar-refractivity contribution in [2.24, 2.45) is 0 Å². The first-order valence-electron chi connectivity index (χ1n) is 9.57. The smallest absolute Gasteiger partial charge is 0.408 e. The van der Waals surface area contributed by atoms with Gasteiger partial charge in [-0.2, -0.15) is 0 Å². The van der Waals surface area contributed by atoms with Crippen molar-refractivity contribution in [3.8, 4) is 0 Å². The zero-order chi connectivity index (χ0) is 23.9. The summed E-state index contributed by atoms with van der Waals surface area (Å²) >= 11 is 0. The minimum Gasteiger partial charge on any atom is -0.444 e. The molecule has 0 aliphatic rings. The van der Waals surface area contributed by atoms with Gasteiger partial charge in [-0.3, -0.25) is 14.3 Å². The van der Waals surface area contributed by atoms with Gasteiger partial charge in [0, 0.05) is 22.6 Å². The van der Waals surface area contributed by atoms with Gasteiger partial charge in [-0.15, -0.1) is 0 Å². The van der Waals surface area contributed by atoms with Gasteiger partial charge in [0.25, 0.3) is 5.91 Å². The fraction of sp³-hybridized carbons (Fsp3) is 0.286. The molecule has 0 radical (unpaired) electrons. The molecular weight excluding hydrogens is 436 g/mol. The summed E-state index contributed by atoms with van der Waals surface area (Å²) in [6.45, 7) is 4.87. The topological polar surface area (TPSA) is 143 Å². The van der Waals surface area contributed by atoms with Crippen molar-refractivity contribution >= 4 is 45.0 Å². The first-order chi connectivity index (χ1) is 14.8. The van der Waals surface area contributed by atoms with Crippen LogP contribution in [0.4, 0.5) is 21.9 Å². The second-order valence-corrected chi connectivity index (χ2v) is 9.64. The molecule has 172 valence electrons. The van der Waals surface area contributed by atoms with Gasteiger partial charge in [0.15, 0.2) is 0 Å². The molecule has 2 aromatic rings. The predicted octanol–water partition coefficient (Wildman–Crippen LogP) is 2.77. The predicted molar refractivity (Wildman–Crippen MR) is 122 cm³/mol. The zero-order valence-corrected chi connectivity index (χ0v) is 19.0. The molecule has 0 atom stereocenters. The minimum atomic E-state index is -3.41. The lowest BCUT2D eigenvalue weighted by molar-refractivity contribution is -0.115. The number of carbonyl (C=O) groups is 3. The van der Waals surface area contributed by atoms with Crippen LogP contribution in [0.25, 0.3) is 0 Å². The molecule has 2 aromatic carbocycles. The molecule has 0 aliphatic heterocycles. The molecule has 0 bridgehead atoms. The quantitative estimate of drug-likeness (QED) is 0.498. The number of carbonyl (C=O) groups excluding carboxylic acids is 3. The molecule has 4 N–H and O–H groups in total. The van der Waals surface area contributed by atoms with Gasteiger partial charge in [0.1, 0.15) is 12.1 Å². The van der Waals surface area contributed by atoms with E-state index in [0.717, 1.165) is 6.26 Å². The summed E-state index contributed by atoms with van der Waals surface area (Å²) in [4.78, 5) is 36.1. The highest BCUT2D eigenvalue weighted by Gasteiger charge is 2.16. The average molecular weight is 463 g/mol.